The third kappa shape index (κ3) is 1.75. The summed E-state index contributed by atoms with van der Waals surface area (Å²) in [7, 11) is 0. The number of hydrogen-bond donors (Lipinski definition) is 3. The summed E-state index contributed by atoms with van der Waals surface area (Å²) in [4.78, 5) is 13.8. The van der Waals surface area contributed by atoms with Gasteiger partial charge in [-0.2, -0.15) is 0 Å². The fourth-order valence-electron chi connectivity index (χ4n) is 1.50. The number of carboxylic acids is 1. The van der Waals surface area contributed by atoms with Gasteiger partial charge in [-0.25, -0.2) is 0 Å². The summed E-state index contributed by atoms with van der Waals surface area (Å²) >= 11 is 3.34. The van der Waals surface area contributed by atoms with Gasteiger partial charge in [0, 0.05) is 27.1 Å². The van der Waals surface area contributed by atoms with Gasteiger partial charge in [-0.1, -0.05) is 15.9 Å². The van der Waals surface area contributed by atoms with Crippen molar-refractivity contribution in [3.05, 3.63) is 34.4 Å². The van der Waals surface area contributed by atoms with Gasteiger partial charge < -0.3 is 15.8 Å². The first-order chi connectivity index (χ1) is 7.09. The highest BCUT2D eigenvalue weighted by Crippen LogP contribution is 2.26. The number of nitrogens with one attached hydrogen (secondary N) is 1. The highest BCUT2D eigenvalue weighted by Gasteiger charge is 2.18. The number of carbonyl (C=O) groups is 1. The van der Waals surface area contributed by atoms with E-state index >= 15 is 0 Å². The lowest BCUT2D eigenvalue weighted by atomic mass is 10.1. The normalized spacial score (nSPS) is 12.9. The Kier molecular flexibility index (Phi) is 2.50. The Bertz CT molecular complexity index is 521. The minimum atomic E-state index is -1.03. The van der Waals surface area contributed by atoms with E-state index in [1.54, 1.807) is 6.20 Å². The summed E-state index contributed by atoms with van der Waals surface area (Å²) < 4.78 is 0.897. The number of carboxylic acid groups (broad SMARTS) is 1. The fourth-order valence-corrected chi connectivity index (χ4v) is 1.87. The first kappa shape index (κ1) is 10.2. The molecule has 1 atom stereocenters. The van der Waals surface area contributed by atoms with Crippen LogP contribution >= 0.6 is 15.9 Å². The minimum absolute atomic E-state index is 0.596. The molecule has 4 nitrogen and oxygen atoms in total. The zero-order chi connectivity index (χ0) is 11.0. The molecular weight excluding hydrogens is 260 g/mol. The first-order valence-electron chi connectivity index (χ1n) is 4.34. The lowest BCUT2D eigenvalue weighted by Gasteiger charge is -2.04. The van der Waals surface area contributed by atoms with Crippen LogP contribution in [0.3, 0.4) is 0 Å². The van der Waals surface area contributed by atoms with Crippen LogP contribution in [0.15, 0.2) is 28.9 Å². The lowest BCUT2D eigenvalue weighted by Crippen LogP contribution is -2.20. The van der Waals surface area contributed by atoms with E-state index in [2.05, 4.69) is 20.9 Å². The van der Waals surface area contributed by atoms with Gasteiger partial charge in [-0.05, 0) is 18.2 Å². The molecule has 78 valence electrons. The van der Waals surface area contributed by atoms with E-state index in [4.69, 9.17) is 10.8 Å². The summed E-state index contributed by atoms with van der Waals surface area (Å²) in [5.41, 5.74) is 7.04. The molecule has 0 bridgehead atoms. The van der Waals surface area contributed by atoms with E-state index in [9.17, 15) is 4.79 Å². The quantitative estimate of drug-likeness (QED) is 0.780. The zero-order valence-corrected chi connectivity index (χ0v) is 9.28. The summed E-state index contributed by atoms with van der Waals surface area (Å²) in [6.07, 6.45) is 1.63. The predicted octanol–water partition coefficient (Wildman–Crippen LogP) is 2.01. The molecular formula is C10H9BrN2O2. The predicted molar refractivity (Wildman–Crippen MR) is 60.6 cm³/mol. The fraction of sp³-hybridized carbons (Fsp3) is 0.100. The standard InChI is InChI=1S/C10H9BrN2O2/c11-5-1-2-8-6(3-5)7(4-13-8)9(12)10(14)15/h1-4,9,13H,12H2,(H,14,15)/t9-/m1/s1. The molecule has 15 heavy (non-hydrogen) atoms. The molecule has 1 aromatic heterocycles. The van der Waals surface area contributed by atoms with Crippen LogP contribution in [0, 0.1) is 0 Å². The molecule has 1 heterocycles. The van der Waals surface area contributed by atoms with Crippen molar-refractivity contribution in [2.75, 3.05) is 0 Å². The van der Waals surface area contributed by atoms with E-state index < -0.39 is 12.0 Å². The van der Waals surface area contributed by atoms with Crippen molar-refractivity contribution in [1.82, 2.24) is 4.98 Å². The number of hydrogen-bond acceptors (Lipinski definition) is 2. The topological polar surface area (TPSA) is 79.1 Å². The van der Waals surface area contributed by atoms with Gasteiger partial charge in [0.15, 0.2) is 0 Å². The zero-order valence-electron chi connectivity index (χ0n) is 7.70. The van der Waals surface area contributed by atoms with E-state index in [1.165, 1.54) is 0 Å². The minimum Gasteiger partial charge on any atom is -0.480 e. The Morgan fingerprint density at radius 2 is 2.27 bits per heavy atom. The maximum absolute atomic E-state index is 10.8. The van der Waals surface area contributed by atoms with Crippen molar-refractivity contribution < 1.29 is 9.90 Å². The summed E-state index contributed by atoms with van der Waals surface area (Å²) in [6.45, 7) is 0. The average molecular weight is 269 g/mol. The highest BCUT2D eigenvalue weighted by molar-refractivity contribution is 9.10. The summed E-state index contributed by atoms with van der Waals surface area (Å²) in [5, 5.41) is 9.66. The number of aromatic nitrogens is 1. The monoisotopic (exact) mass is 268 g/mol. The molecule has 0 fully saturated rings. The number of benzene rings is 1. The number of halogens is 1. The summed E-state index contributed by atoms with van der Waals surface area (Å²) in [5.74, 6) is -1.03. The average Bonchev–Trinajstić information content (AvgIpc) is 2.59. The Balaban J connectivity index is 2.61. The molecule has 2 rings (SSSR count). The molecule has 0 aliphatic rings. The molecule has 0 amide bonds. The van der Waals surface area contributed by atoms with Crippen LogP contribution in [0.2, 0.25) is 0 Å². The van der Waals surface area contributed by atoms with Crippen molar-refractivity contribution in [2.24, 2.45) is 5.73 Å². The Morgan fingerprint density at radius 3 is 2.93 bits per heavy atom. The third-order valence-corrected chi connectivity index (χ3v) is 2.77. The van der Waals surface area contributed by atoms with Crippen molar-refractivity contribution in [2.45, 2.75) is 6.04 Å². The van der Waals surface area contributed by atoms with Gasteiger partial charge >= 0.3 is 5.97 Å². The Labute approximate surface area is 94.2 Å². The van der Waals surface area contributed by atoms with Crippen molar-refractivity contribution >= 4 is 32.8 Å². The maximum Gasteiger partial charge on any atom is 0.325 e. The Hall–Kier alpha value is -1.33. The molecule has 0 unspecified atom stereocenters. The van der Waals surface area contributed by atoms with Crippen molar-refractivity contribution in [1.29, 1.82) is 0 Å². The van der Waals surface area contributed by atoms with Crippen LogP contribution in [-0.4, -0.2) is 16.1 Å². The Morgan fingerprint density at radius 1 is 1.53 bits per heavy atom. The van der Waals surface area contributed by atoms with Crippen LogP contribution in [0.4, 0.5) is 0 Å². The molecule has 1 aromatic carbocycles. The molecule has 0 saturated heterocycles. The smallest absolute Gasteiger partial charge is 0.325 e. The van der Waals surface area contributed by atoms with E-state index in [1.807, 2.05) is 18.2 Å². The SMILES string of the molecule is N[C@@H](C(=O)O)c1c[nH]c2ccc(Br)cc12. The van der Waals surface area contributed by atoms with Crippen molar-refractivity contribution in [3.63, 3.8) is 0 Å². The molecule has 0 saturated carbocycles. The molecule has 0 aliphatic carbocycles. The second-order valence-electron chi connectivity index (χ2n) is 3.25. The van der Waals surface area contributed by atoms with E-state index in [-0.39, 0.29) is 0 Å². The highest BCUT2D eigenvalue weighted by atomic mass is 79.9. The third-order valence-electron chi connectivity index (χ3n) is 2.28. The van der Waals surface area contributed by atoms with Crippen LogP contribution in [0.25, 0.3) is 10.9 Å². The van der Waals surface area contributed by atoms with Gasteiger partial charge in [0.05, 0.1) is 0 Å². The number of nitrogens with two attached hydrogens (primary N) is 1. The maximum atomic E-state index is 10.8. The molecule has 0 aliphatic heterocycles. The van der Waals surface area contributed by atoms with Gasteiger partial charge in [-0.3, -0.25) is 4.79 Å². The molecule has 0 radical (unpaired) electrons. The summed E-state index contributed by atoms with van der Waals surface area (Å²) in [6, 6.07) is 4.61. The largest absolute Gasteiger partial charge is 0.480 e. The molecule has 0 spiro atoms. The molecule has 5 heteroatoms. The molecule has 4 N–H and O–H groups in total. The van der Waals surface area contributed by atoms with Crippen LogP contribution < -0.4 is 5.73 Å². The van der Waals surface area contributed by atoms with Gasteiger partial charge in [0.2, 0.25) is 0 Å². The van der Waals surface area contributed by atoms with E-state index in [0.717, 1.165) is 15.4 Å². The van der Waals surface area contributed by atoms with Gasteiger partial charge in [0.25, 0.3) is 0 Å². The second kappa shape index (κ2) is 3.67. The number of rotatable bonds is 2. The second-order valence-corrected chi connectivity index (χ2v) is 4.17. The van der Waals surface area contributed by atoms with Crippen LogP contribution in [0.1, 0.15) is 11.6 Å². The van der Waals surface area contributed by atoms with E-state index in [0.29, 0.717) is 5.56 Å². The van der Waals surface area contributed by atoms with Crippen molar-refractivity contribution in [3.8, 4) is 0 Å². The van der Waals surface area contributed by atoms with Crippen LogP contribution in [0.5, 0.6) is 0 Å². The number of aromatic amines is 1. The number of fused-ring (bicyclic) bond motifs is 1. The van der Waals surface area contributed by atoms with Crippen LogP contribution in [-0.2, 0) is 4.79 Å². The lowest BCUT2D eigenvalue weighted by molar-refractivity contribution is -0.138. The van der Waals surface area contributed by atoms with Gasteiger partial charge in [0.1, 0.15) is 6.04 Å². The number of H-pyrrole nitrogens is 1. The first-order valence-corrected chi connectivity index (χ1v) is 5.14. The number of aliphatic carboxylic acids is 1. The molecule has 2 aromatic rings. The van der Waals surface area contributed by atoms with Gasteiger partial charge in [-0.15, -0.1) is 0 Å².